The lowest BCUT2D eigenvalue weighted by Crippen LogP contribution is -1.98. The van der Waals surface area contributed by atoms with Gasteiger partial charge < -0.3 is 5.11 Å². The van der Waals surface area contributed by atoms with Crippen LogP contribution in [0.2, 0.25) is 0 Å². The topological polar surface area (TPSA) is 44.0 Å². The van der Waals surface area contributed by atoms with Crippen LogP contribution >= 0.6 is 0 Å². The summed E-state index contributed by atoms with van der Waals surface area (Å²) in [5.74, 6) is -0.277. The first kappa shape index (κ1) is 10.7. The Labute approximate surface area is 82.6 Å². The molecule has 1 N–H and O–H groups in total. The molecule has 0 aromatic heterocycles. The Bertz CT molecular complexity index is 357. The van der Waals surface area contributed by atoms with Gasteiger partial charge in [0.05, 0.1) is 12.2 Å². The Hall–Kier alpha value is -1.40. The summed E-state index contributed by atoms with van der Waals surface area (Å²) in [5.41, 5.74) is 1.18. The van der Waals surface area contributed by atoms with Crippen LogP contribution in [-0.2, 0) is 0 Å². The minimum Gasteiger partial charge on any atom is -0.388 e. The van der Waals surface area contributed by atoms with Gasteiger partial charge in [0.25, 0.3) is 0 Å². The second kappa shape index (κ2) is 4.73. The lowest BCUT2D eigenvalue weighted by Gasteiger charge is -2.09. The van der Waals surface area contributed by atoms with E-state index in [1.54, 1.807) is 19.1 Å². The highest BCUT2D eigenvalue weighted by Gasteiger charge is 2.08. The summed E-state index contributed by atoms with van der Waals surface area (Å²) >= 11 is 0. The van der Waals surface area contributed by atoms with Crippen molar-refractivity contribution in [3.63, 3.8) is 0 Å². The molecule has 0 heterocycles. The number of rotatable bonds is 3. The van der Waals surface area contributed by atoms with E-state index in [4.69, 9.17) is 5.26 Å². The van der Waals surface area contributed by atoms with Crippen molar-refractivity contribution < 1.29 is 9.50 Å². The molecule has 2 nitrogen and oxygen atoms in total. The molecule has 0 radical (unpaired) electrons. The predicted molar refractivity (Wildman–Crippen MR) is 50.9 cm³/mol. The number of nitriles is 1. The summed E-state index contributed by atoms with van der Waals surface area (Å²) in [6.45, 7) is 1.65. The molecule has 1 atom stereocenters. The quantitative estimate of drug-likeness (QED) is 0.801. The van der Waals surface area contributed by atoms with E-state index in [0.717, 1.165) is 0 Å². The smallest absolute Gasteiger partial charge is 0.126 e. The Morgan fingerprint density at radius 1 is 1.57 bits per heavy atom. The van der Waals surface area contributed by atoms with Crippen LogP contribution in [0.4, 0.5) is 4.39 Å². The van der Waals surface area contributed by atoms with Crippen LogP contribution in [0, 0.1) is 24.1 Å². The number of benzene rings is 1. The number of aryl methyl sites for hydroxylation is 1. The third kappa shape index (κ3) is 2.54. The number of halogens is 1. The highest BCUT2D eigenvalue weighted by atomic mass is 19.1. The number of hydrogen-bond donors (Lipinski definition) is 1. The molecule has 3 heteroatoms. The molecule has 14 heavy (non-hydrogen) atoms. The first-order valence-electron chi connectivity index (χ1n) is 4.46. The number of hydrogen-bond acceptors (Lipinski definition) is 2. The first-order chi connectivity index (χ1) is 6.65. The van der Waals surface area contributed by atoms with E-state index in [1.807, 2.05) is 6.07 Å². The number of aliphatic hydroxyl groups is 1. The van der Waals surface area contributed by atoms with E-state index >= 15 is 0 Å². The standard InChI is InChI=1S/C11H12FNO/c1-8-7-9(4-5-10(8)12)11(14)3-2-6-13/h4-5,7,11,14H,2-3H2,1H3. The first-order valence-corrected chi connectivity index (χ1v) is 4.46. The minimum absolute atomic E-state index is 0.277. The molecule has 1 aromatic carbocycles. The third-order valence-corrected chi connectivity index (χ3v) is 2.10. The van der Waals surface area contributed by atoms with E-state index in [2.05, 4.69) is 0 Å². The highest BCUT2D eigenvalue weighted by molar-refractivity contribution is 5.25. The van der Waals surface area contributed by atoms with Crippen LogP contribution in [0.5, 0.6) is 0 Å². The zero-order chi connectivity index (χ0) is 10.6. The van der Waals surface area contributed by atoms with Crippen LogP contribution in [-0.4, -0.2) is 5.11 Å². The summed E-state index contributed by atoms with van der Waals surface area (Å²) in [7, 11) is 0. The summed E-state index contributed by atoms with van der Waals surface area (Å²) in [4.78, 5) is 0. The maximum absolute atomic E-state index is 12.9. The van der Waals surface area contributed by atoms with Gasteiger partial charge >= 0.3 is 0 Å². The van der Waals surface area contributed by atoms with Gasteiger partial charge in [-0.3, -0.25) is 0 Å². The van der Waals surface area contributed by atoms with Gasteiger partial charge in [0.2, 0.25) is 0 Å². The van der Waals surface area contributed by atoms with Crippen molar-refractivity contribution in [3.05, 3.63) is 35.1 Å². The molecule has 0 amide bonds. The SMILES string of the molecule is Cc1cc(C(O)CCC#N)ccc1F. The molecule has 0 aliphatic heterocycles. The van der Waals surface area contributed by atoms with E-state index in [-0.39, 0.29) is 5.82 Å². The predicted octanol–water partition coefficient (Wildman–Crippen LogP) is 2.47. The number of nitrogens with zero attached hydrogens (tertiary/aromatic N) is 1. The largest absolute Gasteiger partial charge is 0.388 e. The average molecular weight is 193 g/mol. The average Bonchev–Trinajstić information content (AvgIpc) is 2.18. The second-order valence-corrected chi connectivity index (χ2v) is 3.22. The van der Waals surface area contributed by atoms with Gasteiger partial charge in [-0.25, -0.2) is 4.39 Å². The zero-order valence-electron chi connectivity index (χ0n) is 8.00. The summed E-state index contributed by atoms with van der Waals surface area (Å²) in [6.07, 6.45) is 0.0213. The van der Waals surface area contributed by atoms with Crippen molar-refractivity contribution in [1.29, 1.82) is 5.26 Å². The van der Waals surface area contributed by atoms with Gasteiger partial charge in [-0.1, -0.05) is 12.1 Å². The van der Waals surface area contributed by atoms with Gasteiger partial charge in [0.1, 0.15) is 5.82 Å². The molecule has 74 valence electrons. The Morgan fingerprint density at radius 2 is 2.29 bits per heavy atom. The molecule has 0 fully saturated rings. The van der Waals surface area contributed by atoms with Crippen molar-refractivity contribution >= 4 is 0 Å². The minimum atomic E-state index is -0.672. The molecule has 0 spiro atoms. The molecule has 0 aliphatic rings. The zero-order valence-corrected chi connectivity index (χ0v) is 8.00. The van der Waals surface area contributed by atoms with Gasteiger partial charge in [-0.15, -0.1) is 0 Å². The maximum Gasteiger partial charge on any atom is 0.126 e. The molecule has 0 bridgehead atoms. The van der Waals surface area contributed by atoms with E-state index in [0.29, 0.717) is 24.0 Å². The van der Waals surface area contributed by atoms with Gasteiger partial charge in [-0.2, -0.15) is 5.26 Å². The molecule has 1 aromatic rings. The number of aliphatic hydroxyl groups excluding tert-OH is 1. The fraction of sp³-hybridized carbons (Fsp3) is 0.364. The normalized spacial score (nSPS) is 12.1. The van der Waals surface area contributed by atoms with Gasteiger partial charge in [-0.05, 0) is 30.5 Å². The molecule has 0 saturated heterocycles. The van der Waals surface area contributed by atoms with Gasteiger partial charge in [0.15, 0.2) is 0 Å². The van der Waals surface area contributed by atoms with Crippen molar-refractivity contribution in [2.75, 3.05) is 0 Å². The Morgan fingerprint density at radius 3 is 2.86 bits per heavy atom. The van der Waals surface area contributed by atoms with E-state index in [1.165, 1.54) is 6.07 Å². The fourth-order valence-corrected chi connectivity index (χ4v) is 1.24. The summed E-state index contributed by atoms with van der Waals surface area (Å²) in [6, 6.07) is 6.45. The highest BCUT2D eigenvalue weighted by Crippen LogP contribution is 2.20. The summed E-state index contributed by atoms with van der Waals surface area (Å²) < 4.78 is 12.9. The van der Waals surface area contributed by atoms with Crippen LogP contribution in [0.3, 0.4) is 0 Å². The second-order valence-electron chi connectivity index (χ2n) is 3.22. The van der Waals surface area contributed by atoms with Crippen LogP contribution < -0.4 is 0 Å². The molecule has 0 saturated carbocycles. The van der Waals surface area contributed by atoms with Crippen molar-refractivity contribution in [2.24, 2.45) is 0 Å². The van der Waals surface area contributed by atoms with E-state index < -0.39 is 6.10 Å². The molecule has 1 unspecified atom stereocenters. The van der Waals surface area contributed by atoms with Crippen molar-refractivity contribution in [1.82, 2.24) is 0 Å². The summed E-state index contributed by atoms with van der Waals surface area (Å²) in [5, 5.41) is 17.9. The lowest BCUT2D eigenvalue weighted by molar-refractivity contribution is 0.169. The van der Waals surface area contributed by atoms with E-state index in [9.17, 15) is 9.50 Å². The third-order valence-electron chi connectivity index (χ3n) is 2.10. The molecule has 1 rings (SSSR count). The molecule has 0 aliphatic carbocycles. The maximum atomic E-state index is 12.9. The van der Waals surface area contributed by atoms with Crippen molar-refractivity contribution in [2.45, 2.75) is 25.9 Å². The van der Waals surface area contributed by atoms with Crippen molar-refractivity contribution in [3.8, 4) is 6.07 Å². The lowest BCUT2D eigenvalue weighted by atomic mass is 10.0. The van der Waals surface area contributed by atoms with Crippen LogP contribution in [0.1, 0.15) is 30.1 Å². The molecular formula is C11H12FNO. The Kier molecular flexibility index (Phi) is 3.61. The fourth-order valence-electron chi connectivity index (χ4n) is 1.24. The molecular weight excluding hydrogens is 181 g/mol. The Balaban J connectivity index is 2.76. The monoisotopic (exact) mass is 193 g/mol. The van der Waals surface area contributed by atoms with Crippen LogP contribution in [0.15, 0.2) is 18.2 Å². The van der Waals surface area contributed by atoms with Gasteiger partial charge in [0, 0.05) is 6.42 Å². The van der Waals surface area contributed by atoms with Crippen LogP contribution in [0.25, 0.3) is 0 Å².